The second kappa shape index (κ2) is 11.6. The standard InChI is InChI=1S/C24H26N4O6/c1-4-33-23(30)21-15-25-28(16(21)2)20-10-8-17(9-11-20)22(29)26-18-6-5-7-19(14-18)27-24(31)34-13-12-32-3/h5-11,14-15H,4,12-13H2,1-3H3,(H,26,29)(H,27,31). The molecule has 0 aliphatic carbocycles. The monoisotopic (exact) mass is 466 g/mol. The van der Waals surface area contributed by atoms with Crippen molar-refractivity contribution in [3.63, 3.8) is 0 Å². The molecule has 0 saturated carbocycles. The highest BCUT2D eigenvalue weighted by Gasteiger charge is 2.16. The Morgan fingerprint density at radius 2 is 1.68 bits per heavy atom. The number of methoxy groups -OCH3 is 1. The molecule has 0 radical (unpaired) electrons. The van der Waals surface area contributed by atoms with E-state index in [9.17, 15) is 14.4 Å². The summed E-state index contributed by atoms with van der Waals surface area (Å²) in [5, 5.41) is 9.64. The summed E-state index contributed by atoms with van der Waals surface area (Å²) in [7, 11) is 1.52. The molecule has 0 saturated heterocycles. The van der Waals surface area contributed by atoms with E-state index in [2.05, 4.69) is 15.7 Å². The first-order chi connectivity index (χ1) is 16.4. The molecule has 0 fully saturated rings. The van der Waals surface area contributed by atoms with E-state index in [1.165, 1.54) is 13.3 Å². The SMILES string of the molecule is CCOC(=O)c1cnn(-c2ccc(C(=O)Nc3cccc(NC(=O)OCCOC)c3)cc2)c1C. The van der Waals surface area contributed by atoms with Crippen LogP contribution < -0.4 is 10.6 Å². The van der Waals surface area contributed by atoms with Crippen LogP contribution in [0.15, 0.2) is 54.7 Å². The quantitative estimate of drug-likeness (QED) is 0.363. The summed E-state index contributed by atoms with van der Waals surface area (Å²) in [5.74, 6) is -0.752. The van der Waals surface area contributed by atoms with Gasteiger partial charge in [-0.05, 0) is 56.3 Å². The minimum absolute atomic E-state index is 0.136. The minimum atomic E-state index is -0.615. The molecule has 2 aromatic carbocycles. The molecule has 10 nitrogen and oxygen atoms in total. The number of hydrogen-bond acceptors (Lipinski definition) is 7. The number of aromatic nitrogens is 2. The average Bonchev–Trinajstić information content (AvgIpc) is 3.21. The third-order valence-corrected chi connectivity index (χ3v) is 4.77. The van der Waals surface area contributed by atoms with Crippen LogP contribution in [0.5, 0.6) is 0 Å². The smallest absolute Gasteiger partial charge is 0.411 e. The van der Waals surface area contributed by atoms with Crippen molar-refractivity contribution in [1.29, 1.82) is 0 Å². The number of benzene rings is 2. The molecule has 178 valence electrons. The first kappa shape index (κ1) is 24.5. The number of carbonyl (C=O) groups excluding carboxylic acids is 3. The Morgan fingerprint density at radius 3 is 2.35 bits per heavy atom. The highest BCUT2D eigenvalue weighted by atomic mass is 16.6. The minimum Gasteiger partial charge on any atom is -0.462 e. The maximum atomic E-state index is 12.7. The second-order valence-electron chi connectivity index (χ2n) is 7.11. The zero-order chi connectivity index (χ0) is 24.5. The Bertz CT molecular complexity index is 1160. The topological polar surface area (TPSA) is 121 Å². The Labute approximate surface area is 196 Å². The van der Waals surface area contributed by atoms with Gasteiger partial charge in [0.1, 0.15) is 12.2 Å². The molecule has 0 bridgehead atoms. The molecule has 34 heavy (non-hydrogen) atoms. The number of anilines is 2. The van der Waals surface area contributed by atoms with Crippen molar-refractivity contribution in [2.24, 2.45) is 0 Å². The molecule has 0 unspecified atom stereocenters. The van der Waals surface area contributed by atoms with Crippen LogP contribution in [0, 0.1) is 6.92 Å². The molecular weight excluding hydrogens is 440 g/mol. The summed E-state index contributed by atoms with van der Waals surface area (Å²) >= 11 is 0. The van der Waals surface area contributed by atoms with Crippen LogP contribution >= 0.6 is 0 Å². The van der Waals surface area contributed by atoms with Gasteiger partial charge in [-0.15, -0.1) is 0 Å². The Kier molecular flexibility index (Phi) is 8.36. The molecule has 0 aliphatic rings. The molecule has 10 heteroatoms. The number of hydrogen-bond donors (Lipinski definition) is 2. The lowest BCUT2D eigenvalue weighted by Gasteiger charge is -2.10. The zero-order valence-electron chi connectivity index (χ0n) is 19.2. The van der Waals surface area contributed by atoms with Gasteiger partial charge in [0.05, 0.1) is 30.8 Å². The van der Waals surface area contributed by atoms with E-state index in [0.717, 1.165) is 0 Å². The molecule has 3 aromatic rings. The van der Waals surface area contributed by atoms with Crippen molar-refractivity contribution < 1.29 is 28.6 Å². The Hall–Kier alpha value is -4.18. The maximum Gasteiger partial charge on any atom is 0.411 e. The van der Waals surface area contributed by atoms with Crippen molar-refractivity contribution in [3.05, 3.63) is 71.5 Å². The molecule has 2 N–H and O–H groups in total. The second-order valence-corrected chi connectivity index (χ2v) is 7.11. The van der Waals surface area contributed by atoms with Gasteiger partial charge in [0.25, 0.3) is 5.91 Å². The van der Waals surface area contributed by atoms with E-state index >= 15 is 0 Å². The van der Waals surface area contributed by atoms with Crippen molar-refractivity contribution in [2.45, 2.75) is 13.8 Å². The fraction of sp³-hybridized carbons (Fsp3) is 0.250. The van der Waals surface area contributed by atoms with Crippen LogP contribution in [0.2, 0.25) is 0 Å². The molecular formula is C24H26N4O6. The number of esters is 1. The van der Waals surface area contributed by atoms with Gasteiger partial charge in [0.15, 0.2) is 0 Å². The zero-order valence-corrected chi connectivity index (χ0v) is 19.2. The lowest BCUT2D eigenvalue weighted by Crippen LogP contribution is -2.17. The normalized spacial score (nSPS) is 10.4. The van der Waals surface area contributed by atoms with Crippen molar-refractivity contribution >= 4 is 29.3 Å². The van der Waals surface area contributed by atoms with Crippen LogP contribution in [0.1, 0.15) is 33.3 Å². The number of ether oxygens (including phenoxy) is 3. The van der Waals surface area contributed by atoms with E-state index in [0.29, 0.717) is 40.5 Å². The first-order valence-electron chi connectivity index (χ1n) is 10.6. The van der Waals surface area contributed by atoms with Crippen LogP contribution in [0.4, 0.5) is 16.2 Å². The van der Waals surface area contributed by atoms with Gasteiger partial charge in [-0.1, -0.05) is 6.07 Å². The van der Waals surface area contributed by atoms with Crippen LogP contribution in [-0.2, 0) is 14.2 Å². The fourth-order valence-electron chi connectivity index (χ4n) is 3.08. The summed E-state index contributed by atoms with van der Waals surface area (Å²) < 4.78 is 16.4. The van der Waals surface area contributed by atoms with E-state index in [4.69, 9.17) is 14.2 Å². The highest BCUT2D eigenvalue weighted by molar-refractivity contribution is 6.04. The lowest BCUT2D eigenvalue weighted by atomic mass is 10.1. The predicted octanol–water partition coefficient (Wildman–Crippen LogP) is 3.80. The molecule has 2 amide bonds. The van der Waals surface area contributed by atoms with Crippen molar-refractivity contribution in [3.8, 4) is 5.69 Å². The van der Waals surface area contributed by atoms with Gasteiger partial charge in [0.2, 0.25) is 0 Å². The first-order valence-corrected chi connectivity index (χ1v) is 10.6. The van der Waals surface area contributed by atoms with Gasteiger partial charge in [-0.25, -0.2) is 14.3 Å². The van der Waals surface area contributed by atoms with Gasteiger partial charge in [-0.2, -0.15) is 5.10 Å². The summed E-state index contributed by atoms with van der Waals surface area (Å²) in [6.07, 6.45) is 0.846. The van der Waals surface area contributed by atoms with Crippen LogP contribution in [0.3, 0.4) is 0 Å². The summed E-state index contributed by atoms with van der Waals surface area (Å²) in [6.45, 7) is 4.23. The van der Waals surface area contributed by atoms with E-state index in [1.807, 2.05) is 0 Å². The number of rotatable bonds is 9. The molecule has 0 spiro atoms. The Balaban J connectivity index is 1.65. The number of nitrogens with zero attached hydrogens (tertiary/aromatic N) is 2. The number of amides is 2. The highest BCUT2D eigenvalue weighted by Crippen LogP contribution is 2.19. The third-order valence-electron chi connectivity index (χ3n) is 4.77. The molecule has 3 rings (SSSR count). The summed E-state index contributed by atoms with van der Waals surface area (Å²) in [6, 6.07) is 13.5. The van der Waals surface area contributed by atoms with Gasteiger partial charge >= 0.3 is 12.1 Å². The maximum absolute atomic E-state index is 12.7. The van der Waals surface area contributed by atoms with E-state index < -0.39 is 12.1 Å². The van der Waals surface area contributed by atoms with Crippen molar-refractivity contribution in [2.75, 3.05) is 37.6 Å². The molecule has 1 heterocycles. The summed E-state index contributed by atoms with van der Waals surface area (Å²) in [4.78, 5) is 36.5. The van der Waals surface area contributed by atoms with Gasteiger partial charge in [-0.3, -0.25) is 10.1 Å². The average molecular weight is 466 g/mol. The lowest BCUT2D eigenvalue weighted by molar-refractivity contribution is 0.0525. The Morgan fingerprint density at radius 1 is 0.971 bits per heavy atom. The third kappa shape index (κ3) is 6.20. The summed E-state index contributed by atoms with van der Waals surface area (Å²) in [5.41, 5.74) is 3.13. The molecule has 0 atom stereocenters. The molecule has 0 aliphatic heterocycles. The van der Waals surface area contributed by atoms with E-state index in [-0.39, 0.29) is 19.1 Å². The van der Waals surface area contributed by atoms with Crippen LogP contribution in [-0.4, -0.2) is 54.7 Å². The van der Waals surface area contributed by atoms with E-state index in [1.54, 1.807) is 67.1 Å². The largest absolute Gasteiger partial charge is 0.462 e. The predicted molar refractivity (Wildman–Crippen MR) is 125 cm³/mol. The van der Waals surface area contributed by atoms with Gasteiger partial charge < -0.3 is 19.5 Å². The molecule has 1 aromatic heterocycles. The van der Waals surface area contributed by atoms with Crippen molar-refractivity contribution in [1.82, 2.24) is 9.78 Å². The van der Waals surface area contributed by atoms with Crippen LogP contribution in [0.25, 0.3) is 5.69 Å². The number of nitrogens with one attached hydrogen (secondary N) is 2. The number of carbonyl (C=O) groups is 3. The van der Waals surface area contributed by atoms with Gasteiger partial charge in [0, 0.05) is 24.0 Å². The fourth-order valence-corrected chi connectivity index (χ4v) is 3.08.